The Bertz CT molecular complexity index is 511. The standard InChI is InChI=1S/C15H20N2O4/c1-10-2-4-11(5-3-10)6-9-14(19)17-12(15(20)21)7-8-13(16)18/h2-5,12H,6-9H2,1H3,(H2,16,18)(H,17,19)(H,20,21)/t12-/m0/s1. The molecule has 0 aliphatic rings. The number of aryl methyl sites for hydroxylation is 2. The number of rotatable bonds is 8. The Labute approximate surface area is 123 Å². The van der Waals surface area contributed by atoms with E-state index in [1.165, 1.54) is 0 Å². The Kier molecular flexibility index (Phi) is 6.39. The van der Waals surface area contributed by atoms with Gasteiger partial charge in [-0.05, 0) is 25.3 Å². The zero-order chi connectivity index (χ0) is 15.8. The van der Waals surface area contributed by atoms with Gasteiger partial charge in [0.2, 0.25) is 11.8 Å². The molecule has 6 heteroatoms. The number of carbonyl (C=O) groups is 3. The topological polar surface area (TPSA) is 109 Å². The molecule has 0 aliphatic heterocycles. The molecule has 2 amide bonds. The Morgan fingerprint density at radius 1 is 1.19 bits per heavy atom. The highest BCUT2D eigenvalue weighted by atomic mass is 16.4. The van der Waals surface area contributed by atoms with Crippen LogP contribution < -0.4 is 11.1 Å². The first-order valence-corrected chi connectivity index (χ1v) is 6.74. The van der Waals surface area contributed by atoms with E-state index in [-0.39, 0.29) is 25.2 Å². The number of amides is 2. The molecule has 1 aromatic rings. The lowest BCUT2D eigenvalue weighted by Crippen LogP contribution is -2.41. The van der Waals surface area contributed by atoms with Gasteiger partial charge in [0.15, 0.2) is 0 Å². The number of aliphatic carboxylic acids is 1. The molecule has 0 heterocycles. The lowest BCUT2D eigenvalue weighted by Gasteiger charge is -2.13. The van der Waals surface area contributed by atoms with E-state index in [1.54, 1.807) is 0 Å². The quantitative estimate of drug-likeness (QED) is 0.657. The van der Waals surface area contributed by atoms with Gasteiger partial charge in [0.05, 0.1) is 0 Å². The van der Waals surface area contributed by atoms with E-state index >= 15 is 0 Å². The number of carbonyl (C=O) groups excluding carboxylic acids is 2. The number of carboxylic acid groups (broad SMARTS) is 1. The van der Waals surface area contributed by atoms with E-state index in [2.05, 4.69) is 5.32 Å². The Balaban J connectivity index is 2.44. The number of hydrogen-bond acceptors (Lipinski definition) is 3. The number of hydrogen-bond donors (Lipinski definition) is 3. The predicted molar refractivity (Wildman–Crippen MR) is 77.5 cm³/mol. The fourth-order valence-corrected chi connectivity index (χ4v) is 1.82. The second-order valence-corrected chi connectivity index (χ2v) is 4.95. The van der Waals surface area contributed by atoms with Gasteiger partial charge < -0.3 is 16.2 Å². The van der Waals surface area contributed by atoms with E-state index in [0.717, 1.165) is 11.1 Å². The van der Waals surface area contributed by atoms with Crippen molar-refractivity contribution in [2.75, 3.05) is 0 Å². The van der Waals surface area contributed by atoms with Gasteiger partial charge in [0, 0.05) is 12.8 Å². The summed E-state index contributed by atoms with van der Waals surface area (Å²) in [5, 5.41) is 11.4. The average Bonchev–Trinajstić information content (AvgIpc) is 2.42. The molecule has 0 unspecified atom stereocenters. The van der Waals surface area contributed by atoms with Crippen LogP contribution in [0.5, 0.6) is 0 Å². The SMILES string of the molecule is Cc1ccc(CCC(=O)N[C@@H](CCC(N)=O)C(=O)O)cc1. The maximum atomic E-state index is 11.8. The molecule has 6 nitrogen and oxygen atoms in total. The summed E-state index contributed by atoms with van der Waals surface area (Å²) in [4.78, 5) is 33.4. The monoisotopic (exact) mass is 292 g/mol. The molecule has 21 heavy (non-hydrogen) atoms. The highest BCUT2D eigenvalue weighted by molar-refractivity contribution is 5.84. The van der Waals surface area contributed by atoms with Crippen LogP contribution in [0, 0.1) is 6.92 Å². The molecule has 1 aromatic carbocycles. The normalized spacial score (nSPS) is 11.7. The van der Waals surface area contributed by atoms with Crippen molar-refractivity contribution in [3.05, 3.63) is 35.4 Å². The van der Waals surface area contributed by atoms with Crippen LogP contribution in [-0.4, -0.2) is 28.9 Å². The second kappa shape index (κ2) is 8.04. The summed E-state index contributed by atoms with van der Waals surface area (Å²) in [5.41, 5.74) is 7.13. The third-order valence-corrected chi connectivity index (χ3v) is 3.07. The van der Waals surface area contributed by atoms with E-state index < -0.39 is 17.9 Å². The molecule has 1 rings (SSSR count). The summed E-state index contributed by atoms with van der Waals surface area (Å²) in [6.07, 6.45) is 0.661. The highest BCUT2D eigenvalue weighted by Gasteiger charge is 2.20. The maximum Gasteiger partial charge on any atom is 0.326 e. The zero-order valence-corrected chi connectivity index (χ0v) is 12.0. The lowest BCUT2D eigenvalue weighted by molar-refractivity contribution is -0.142. The molecular weight excluding hydrogens is 272 g/mol. The zero-order valence-electron chi connectivity index (χ0n) is 12.0. The van der Waals surface area contributed by atoms with Crippen molar-refractivity contribution in [2.45, 2.75) is 38.6 Å². The summed E-state index contributed by atoms with van der Waals surface area (Å²) in [7, 11) is 0. The first-order chi connectivity index (χ1) is 9.88. The van der Waals surface area contributed by atoms with Crippen molar-refractivity contribution in [2.24, 2.45) is 5.73 Å². The summed E-state index contributed by atoms with van der Waals surface area (Å²) in [5.74, 6) is -2.11. The summed E-state index contributed by atoms with van der Waals surface area (Å²) < 4.78 is 0. The Morgan fingerprint density at radius 2 is 1.81 bits per heavy atom. The third kappa shape index (κ3) is 6.56. The van der Waals surface area contributed by atoms with Gasteiger partial charge in [-0.2, -0.15) is 0 Å². The molecule has 0 radical (unpaired) electrons. The van der Waals surface area contributed by atoms with E-state index in [4.69, 9.17) is 10.8 Å². The average molecular weight is 292 g/mol. The Morgan fingerprint density at radius 3 is 2.33 bits per heavy atom. The van der Waals surface area contributed by atoms with Crippen LogP contribution in [0.2, 0.25) is 0 Å². The van der Waals surface area contributed by atoms with E-state index in [1.807, 2.05) is 31.2 Å². The van der Waals surface area contributed by atoms with Crippen molar-refractivity contribution in [3.63, 3.8) is 0 Å². The van der Waals surface area contributed by atoms with E-state index in [9.17, 15) is 14.4 Å². The fraction of sp³-hybridized carbons (Fsp3) is 0.400. The minimum atomic E-state index is -1.17. The molecule has 0 saturated heterocycles. The fourth-order valence-electron chi connectivity index (χ4n) is 1.82. The van der Waals surface area contributed by atoms with E-state index in [0.29, 0.717) is 6.42 Å². The molecule has 0 aromatic heterocycles. The van der Waals surface area contributed by atoms with Gasteiger partial charge in [-0.1, -0.05) is 29.8 Å². The third-order valence-electron chi connectivity index (χ3n) is 3.07. The second-order valence-electron chi connectivity index (χ2n) is 4.95. The van der Waals surface area contributed by atoms with Gasteiger partial charge in [-0.15, -0.1) is 0 Å². The molecule has 114 valence electrons. The lowest BCUT2D eigenvalue weighted by atomic mass is 10.1. The highest BCUT2D eigenvalue weighted by Crippen LogP contribution is 2.06. The number of benzene rings is 1. The molecular formula is C15H20N2O4. The summed E-state index contributed by atoms with van der Waals surface area (Å²) in [6, 6.07) is 6.71. The van der Waals surface area contributed by atoms with Crippen molar-refractivity contribution >= 4 is 17.8 Å². The predicted octanol–water partition coefficient (Wildman–Crippen LogP) is 0.763. The van der Waals surface area contributed by atoms with Crippen molar-refractivity contribution in [1.29, 1.82) is 0 Å². The van der Waals surface area contributed by atoms with Gasteiger partial charge in [0.25, 0.3) is 0 Å². The number of nitrogens with two attached hydrogens (primary N) is 1. The van der Waals surface area contributed by atoms with Crippen LogP contribution in [0.15, 0.2) is 24.3 Å². The maximum absolute atomic E-state index is 11.8. The van der Waals surface area contributed by atoms with Gasteiger partial charge in [-0.25, -0.2) is 4.79 Å². The molecule has 1 atom stereocenters. The molecule has 0 saturated carbocycles. The molecule has 0 bridgehead atoms. The largest absolute Gasteiger partial charge is 0.480 e. The van der Waals surface area contributed by atoms with Crippen LogP contribution in [0.3, 0.4) is 0 Å². The van der Waals surface area contributed by atoms with Crippen LogP contribution >= 0.6 is 0 Å². The molecule has 0 fully saturated rings. The van der Waals surface area contributed by atoms with Gasteiger partial charge in [0.1, 0.15) is 6.04 Å². The van der Waals surface area contributed by atoms with Crippen LogP contribution in [-0.2, 0) is 20.8 Å². The van der Waals surface area contributed by atoms with Crippen molar-refractivity contribution in [3.8, 4) is 0 Å². The number of carboxylic acids is 1. The minimum absolute atomic E-state index is 0.000931. The first kappa shape index (κ1) is 16.7. The Hall–Kier alpha value is -2.37. The van der Waals surface area contributed by atoms with Gasteiger partial charge >= 0.3 is 5.97 Å². The molecule has 0 spiro atoms. The smallest absolute Gasteiger partial charge is 0.326 e. The number of primary amides is 1. The minimum Gasteiger partial charge on any atom is -0.480 e. The van der Waals surface area contributed by atoms with Crippen LogP contribution in [0.1, 0.15) is 30.4 Å². The molecule has 0 aliphatic carbocycles. The van der Waals surface area contributed by atoms with Crippen molar-refractivity contribution in [1.82, 2.24) is 5.32 Å². The van der Waals surface area contributed by atoms with Crippen LogP contribution in [0.25, 0.3) is 0 Å². The van der Waals surface area contributed by atoms with Gasteiger partial charge in [-0.3, -0.25) is 9.59 Å². The summed E-state index contributed by atoms with van der Waals surface area (Å²) >= 11 is 0. The first-order valence-electron chi connectivity index (χ1n) is 6.74. The number of nitrogens with one attached hydrogen (secondary N) is 1. The molecule has 4 N–H and O–H groups in total. The van der Waals surface area contributed by atoms with Crippen LogP contribution in [0.4, 0.5) is 0 Å². The van der Waals surface area contributed by atoms with Crippen molar-refractivity contribution < 1.29 is 19.5 Å². The summed E-state index contributed by atoms with van der Waals surface area (Å²) in [6.45, 7) is 1.98.